The van der Waals surface area contributed by atoms with Crippen molar-refractivity contribution >= 4 is 5.82 Å². The number of nitrogens with zero attached hydrogens (tertiary/aromatic N) is 2. The second-order valence-electron chi connectivity index (χ2n) is 4.21. The lowest BCUT2D eigenvalue weighted by Crippen LogP contribution is -2.26. The van der Waals surface area contributed by atoms with E-state index in [1.807, 2.05) is 6.20 Å². The maximum atomic E-state index is 5.55. The zero-order chi connectivity index (χ0) is 10.7. The number of hydrogen-bond acceptors (Lipinski definition) is 3. The Bertz CT molecular complexity index is 303. The first-order valence-electron chi connectivity index (χ1n) is 5.73. The lowest BCUT2D eigenvalue weighted by Gasteiger charge is -2.21. The maximum Gasteiger partial charge on any atom is 0.128 e. The molecule has 2 N–H and O–H groups in total. The fraction of sp³-hybridized carbons (Fsp3) is 0.583. The second kappa shape index (κ2) is 4.62. The number of pyridine rings is 1. The average molecular weight is 205 g/mol. The van der Waals surface area contributed by atoms with Gasteiger partial charge in [0.15, 0.2) is 0 Å². The molecular weight excluding hydrogens is 186 g/mol. The summed E-state index contributed by atoms with van der Waals surface area (Å²) in [5, 5.41) is 0. The van der Waals surface area contributed by atoms with Crippen LogP contribution < -0.4 is 10.6 Å². The molecule has 1 heterocycles. The van der Waals surface area contributed by atoms with E-state index in [4.69, 9.17) is 5.73 Å². The fourth-order valence-corrected chi connectivity index (χ4v) is 1.72. The van der Waals surface area contributed by atoms with Gasteiger partial charge in [-0.15, -0.1) is 0 Å². The van der Waals surface area contributed by atoms with Gasteiger partial charge in [-0.25, -0.2) is 4.98 Å². The summed E-state index contributed by atoms with van der Waals surface area (Å²) in [7, 11) is 0. The van der Waals surface area contributed by atoms with Gasteiger partial charge in [-0.2, -0.15) is 0 Å². The Morgan fingerprint density at radius 1 is 1.47 bits per heavy atom. The van der Waals surface area contributed by atoms with Gasteiger partial charge >= 0.3 is 0 Å². The minimum absolute atomic E-state index is 0.571. The first-order chi connectivity index (χ1) is 7.33. The summed E-state index contributed by atoms with van der Waals surface area (Å²) in [6.07, 6.45) is 4.65. The van der Waals surface area contributed by atoms with E-state index in [0.717, 1.165) is 30.4 Å². The molecule has 1 fully saturated rings. The molecule has 0 unspecified atom stereocenters. The lowest BCUT2D eigenvalue weighted by molar-refractivity contribution is 0.731. The molecule has 3 heteroatoms. The Kier molecular flexibility index (Phi) is 3.21. The first-order valence-corrected chi connectivity index (χ1v) is 5.73. The molecule has 1 aromatic rings. The van der Waals surface area contributed by atoms with Crippen LogP contribution in [0.15, 0.2) is 18.3 Å². The van der Waals surface area contributed by atoms with Gasteiger partial charge < -0.3 is 10.6 Å². The van der Waals surface area contributed by atoms with Gasteiger partial charge in [0.1, 0.15) is 5.82 Å². The number of aromatic nitrogens is 1. The number of anilines is 1. The molecule has 1 aliphatic carbocycles. The Morgan fingerprint density at radius 3 is 2.73 bits per heavy atom. The fourth-order valence-electron chi connectivity index (χ4n) is 1.72. The molecule has 0 atom stereocenters. The van der Waals surface area contributed by atoms with Crippen molar-refractivity contribution in [3.8, 4) is 0 Å². The molecule has 1 saturated carbocycles. The van der Waals surface area contributed by atoms with Crippen molar-refractivity contribution in [2.45, 2.75) is 26.3 Å². The van der Waals surface area contributed by atoms with Gasteiger partial charge in [-0.1, -0.05) is 6.07 Å². The predicted octanol–water partition coefficient (Wildman–Crippen LogP) is 1.78. The molecule has 3 nitrogen and oxygen atoms in total. The van der Waals surface area contributed by atoms with Crippen molar-refractivity contribution in [1.29, 1.82) is 0 Å². The first kappa shape index (κ1) is 10.4. The van der Waals surface area contributed by atoms with E-state index in [-0.39, 0.29) is 0 Å². The summed E-state index contributed by atoms with van der Waals surface area (Å²) in [5.74, 6) is 1.99. The van der Waals surface area contributed by atoms with E-state index < -0.39 is 0 Å². The quantitative estimate of drug-likeness (QED) is 0.796. The minimum atomic E-state index is 0.571. The molecule has 0 aliphatic heterocycles. The van der Waals surface area contributed by atoms with Crippen LogP contribution in [0.3, 0.4) is 0 Å². The summed E-state index contributed by atoms with van der Waals surface area (Å²) in [4.78, 5) is 6.79. The molecule has 0 amide bonds. The molecule has 2 rings (SSSR count). The summed E-state index contributed by atoms with van der Waals surface area (Å²) in [6.45, 7) is 4.94. The van der Waals surface area contributed by atoms with Crippen LogP contribution in [0.1, 0.15) is 25.3 Å². The van der Waals surface area contributed by atoms with Crippen LogP contribution >= 0.6 is 0 Å². The Labute approximate surface area is 91.3 Å². The van der Waals surface area contributed by atoms with Gasteiger partial charge in [-0.3, -0.25) is 0 Å². The van der Waals surface area contributed by atoms with Gasteiger partial charge in [0.2, 0.25) is 0 Å². The topological polar surface area (TPSA) is 42.1 Å². The van der Waals surface area contributed by atoms with Crippen LogP contribution in [-0.4, -0.2) is 18.1 Å². The van der Waals surface area contributed by atoms with Crippen LogP contribution in [-0.2, 0) is 6.54 Å². The SMILES string of the molecule is CCN(CC1CC1)c1ccc(CN)cn1. The lowest BCUT2D eigenvalue weighted by atomic mass is 10.2. The van der Waals surface area contributed by atoms with Crippen molar-refractivity contribution in [3.63, 3.8) is 0 Å². The zero-order valence-corrected chi connectivity index (χ0v) is 9.32. The van der Waals surface area contributed by atoms with Gasteiger partial charge in [-0.05, 0) is 37.3 Å². The monoisotopic (exact) mass is 205 g/mol. The van der Waals surface area contributed by atoms with E-state index in [1.165, 1.54) is 12.8 Å². The van der Waals surface area contributed by atoms with Crippen LogP contribution in [0, 0.1) is 5.92 Å². The number of nitrogens with two attached hydrogens (primary N) is 1. The molecule has 1 aliphatic rings. The highest BCUT2D eigenvalue weighted by Gasteiger charge is 2.24. The van der Waals surface area contributed by atoms with Crippen molar-refractivity contribution in [1.82, 2.24) is 4.98 Å². The van der Waals surface area contributed by atoms with Crippen LogP contribution in [0.5, 0.6) is 0 Å². The molecule has 0 radical (unpaired) electrons. The third kappa shape index (κ3) is 2.69. The van der Waals surface area contributed by atoms with E-state index in [9.17, 15) is 0 Å². The highest BCUT2D eigenvalue weighted by molar-refractivity contribution is 5.39. The Hall–Kier alpha value is -1.09. The molecule has 82 valence electrons. The second-order valence-corrected chi connectivity index (χ2v) is 4.21. The van der Waals surface area contributed by atoms with E-state index in [2.05, 4.69) is 28.9 Å². The van der Waals surface area contributed by atoms with E-state index in [0.29, 0.717) is 6.54 Å². The highest BCUT2D eigenvalue weighted by atomic mass is 15.2. The Balaban J connectivity index is 2.03. The van der Waals surface area contributed by atoms with Crippen molar-refractivity contribution in [2.75, 3.05) is 18.0 Å². The van der Waals surface area contributed by atoms with Crippen LogP contribution in [0.4, 0.5) is 5.82 Å². The molecule has 0 aromatic carbocycles. The third-order valence-corrected chi connectivity index (χ3v) is 2.93. The summed E-state index contributed by atoms with van der Waals surface area (Å²) in [6, 6.07) is 4.14. The molecule has 15 heavy (non-hydrogen) atoms. The predicted molar refractivity (Wildman–Crippen MR) is 62.7 cm³/mol. The molecular formula is C12H19N3. The number of hydrogen-bond donors (Lipinski definition) is 1. The third-order valence-electron chi connectivity index (χ3n) is 2.93. The Morgan fingerprint density at radius 2 is 2.27 bits per heavy atom. The van der Waals surface area contributed by atoms with Gasteiger partial charge in [0, 0.05) is 25.8 Å². The van der Waals surface area contributed by atoms with Gasteiger partial charge in [0.25, 0.3) is 0 Å². The summed E-state index contributed by atoms with van der Waals surface area (Å²) in [5.41, 5.74) is 6.64. The molecule has 1 aromatic heterocycles. The molecule has 0 bridgehead atoms. The van der Waals surface area contributed by atoms with Crippen molar-refractivity contribution in [3.05, 3.63) is 23.9 Å². The standard InChI is InChI=1S/C12H19N3/c1-2-15(9-10-3-4-10)12-6-5-11(7-13)8-14-12/h5-6,8,10H,2-4,7,9,13H2,1H3. The van der Waals surface area contributed by atoms with Gasteiger partial charge in [0.05, 0.1) is 0 Å². The molecule has 0 saturated heterocycles. The summed E-state index contributed by atoms with van der Waals surface area (Å²) >= 11 is 0. The van der Waals surface area contributed by atoms with Crippen LogP contribution in [0.2, 0.25) is 0 Å². The largest absolute Gasteiger partial charge is 0.357 e. The minimum Gasteiger partial charge on any atom is -0.357 e. The van der Waals surface area contributed by atoms with Crippen molar-refractivity contribution < 1.29 is 0 Å². The smallest absolute Gasteiger partial charge is 0.128 e. The van der Waals surface area contributed by atoms with Crippen molar-refractivity contribution in [2.24, 2.45) is 11.7 Å². The van der Waals surface area contributed by atoms with E-state index >= 15 is 0 Å². The summed E-state index contributed by atoms with van der Waals surface area (Å²) < 4.78 is 0. The molecule has 0 spiro atoms. The average Bonchev–Trinajstić information content (AvgIpc) is 3.10. The zero-order valence-electron chi connectivity index (χ0n) is 9.32. The van der Waals surface area contributed by atoms with E-state index in [1.54, 1.807) is 0 Å². The highest BCUT2D eigenvalue weighted by Crippen LogP contribution is 2.30. The van der Waals surface area contributed by atoms with Crippen LogP contribution in [0.25, 0.3) is 0 Å². The normalized spacial score (nSPS) is 15.3. The number of rotatable bonds is 5. The maximum absolute atomic E-state index is 5.55.